The van der Waals surface area contributed by atoms with E-state index in [2.05, 4.69) is 5.32 Å². The van der Waals surface area contributed by atoms with Crippen LogP contribution in [0.15, 0.2) is 22.8 Å². The smallest absolute Gasteiger partial charge is 0.323 e. The number of hydrogen-bond acceptors (Lipinski definition) is 4. The molecule has 0 saturated heterocycles. The first kappa shape index (κ1) is 16.1. The maximum atomic E-state index is 11.3. The van der Waals surface area contributed by atoms with E-state index in [9.17, 15) is 9.90 Å². The van der Waals surface area contributed by atoms with Crippen LogP contribution in [0.25, 0.3) is 0 Å². The first-order valence-electron chi connectivity index (χ1n) is 6.67. The van der Waals surface area contributed by atoms with Crippen molar-refractivity contribution in [3.05, 3.63) is 24.2 Å². The fraction of sp³-hybridized carbons (Fsp3) is 0.643. The average Bonchev–Trinajstić information content (AvgIpc) is 2.89. The number of thioether (sulfide) groups is 1. The number of carboxylic acid groups (broad SMARTS) is 1. The first-order valence-corrected chi connectivity index (χ1v) is 7.82. The second-order valence-corrected chi connectivity index (χ2v) is 5.90. The number of carbonyl (C=O) groups is 1. The molecule has 108 valence electrons. The predicted octanol–water partition coefficient (Wildman–Crippen LogP) is 3.14. The molecule has 0 saturated carbocycles. The quantitative estimate of drug-likeness (QED) is 0.647. The molecule has 0 aliphatic rings. The monoisotopic (exact) mass is 285 g/mol. The van der Waals surface area contributed by atoms with Crippen molar-refractivity contribution in [2.24, 2.45) is 0 Å². The molecule has 0 spiro atoms. The number of carboxylic acids is 1. The summed E-state index contributed by atoms with van der Waals surface area (Å²) in [5.74, 6) is 1.99. The lowest BCUT2D eigenvalue weighted by Gasteiger charge is -2.26. The molecule has 1 aromatic rings. The van der Waals surface area contributed by atoms with Gasteiger partial charge in [0.15, 0.2) is 0 Å². The Hall–Kier alpha value is -0.940. The van der Waals surface area contributed by atoms with Crippen LogP contribution in [0.2, 0.25) is 0 Å². The summed E-state index contributed by atoms with van der Waals surface area (Å²) in [5.41, 5.74) is -0.804. The largest absolute Gasteiger partial charge is 0.480 e. The Morgan fingerprint density at radius 3 is 2.95 bits per heavy atom. The zero-order valence-corrected chi connectivity index (χ0v) is 12.5. The summed E-state index contributed by atoms with van der Waals surface area (Å²) >= 11 is 1.77. The summed E-state index contributed by atoms with van der Waals surface area (Å²) in [4.78, 5) is 11.3. The highest BCUT2D eigenvalue weighted by atomic mass is 32.2. The minimum atomic E-state index is -0.804. The topological polar surface area (TPSA) is 62.5 Å². The fourth-order valence-corrected chi connectivity index (χ4v) is 2.63. The second kappa shape index (κ2) is 8.27. The molecule has 0 radical (unpaired) electrons. The van der Waals surface area contributed by atoms with Gasteiger partial charge in [0, 0.05) is 0 Å². The van der Waals surface area contributed by atoms with Gasteiger partial charge in [0.2, 0.25) is 0 Å². The molecular weight excluding hydrogens is 262 g/mol. The highest BCUT2D eigenvalue weighted by Crippen LogP contribution is 2.18. The average molecular weight is 285 g/mol. The van der Waals surface area contributed by atoms with Crippen molar-refractivity contribution in [2.45, 2.75) is 44.4 Å². The molecule has 4 nitrogen and oxygen atoms in total. The van der Waals surface area contributed by atoms with Crippen molar-refractivity contribution in [3.63, 3.8) is 0 Å². The van der Waals surface area contributed by atoms with Gasteiger partial charge < -0.3 is 14.8 Å². The number of hydrogen-bond donors (Lipinski definition) is 2. The van der Waals surface area contributed by atoms with Crippen molar-refractivity contribution in [1.82, 2.24) is 5.32 Å². The molecule has 1 atom stereocenters. The minimum absolute atomic E-state index is 0.646. The van der Waals surface area contributed by atoms with E-state index >= 15 is 0 Å². The van der Waals surface area contributed by atoms with Gasteiger partial charge >= 0.3 is 5.97 Å². The number of furan rings is 1. The number of nitrogens with one attached hydrogen (secondary N) is 1. The van der Waals surface area contributed by atoms with E-state index < -0.39 is 11.5 Å². The summed E-state index contributed by atoms with van der Waals surface area (Å²) in [6.07, 6.45) is 4.14. The summed E-state index contributed by atoms with van der Waals surface area (Å²) in [6, 6.07) is 3.84. The summed E-state index contributed by atoms with van der Waals surface area (Å²) in [7, 11) is 0. The van der Waals surface area contributed by atoms with Crippen molar-refractivity contribution in [3.8, 4) is 0 Å². The van der Waals surface area contributed by atoms with Crippen LogP contribution in [0, 0.1) is 0 Å². The lowest BCUT2D eigenvalue weighted by molar-refractivity contribution is -0.144. The van der Waals surface area contributed by atoms with E-state index in [1.54, 1.807) is 24.9 Å². The molecule has 1 unspecified atom stereocenters. The third-order valence-corrected chi connectivity index (χ3v) is 4.09. The highest BCUT2D eigenvalue weighted by Gasteiger charge is 2.31. The van der Waals surface area contributed by atoms with E-state index in [4.69, 9.17) is 4.42 Å². The van der Waals surface area contributed by atoms with Crippen molar-refractivity contribution in [2.75, 3.05) is 12.3 Å². The van der Waals surface area contributed by atoms with E-state index in [0.29, 0.717) is 6.42 Å². The van der Waals surface area contributed by atoms with E-state index in [1.165, 1.54) is 0 Å². The van der Waals surface area contributed by atoms with Gasteiger partial charge in [-0.1, -0.05) is 6.92 Å². The maximum absolute atomic E-state index is 11.3. The Bertz CT molecular complexity index is 367. The molecule has 1 heterocycles. The molecule has 0 aliphatic carbocycles. The van der Waals surface area contributed by atoms with Crippen molar-refractivity contribution in [1.29, 1.82) is 0 Å². The van der Waals surface area contributed by atoms with Crippen LogP contribution in [0.5, 0.6) is 0 Å². The van der Waals surface area contributed by atoms with Gasteiger partial charge in [0.25, 0.3) is 0 Å². The van der Waals surface area contributed by atoms with E-state index in [-0.39, 0.29) is 0 Å². The van der Waals surface area contributed by atoms with Crippen LogP contribution >= 0.6 is 11.8 Å². The lowest BCUT2D eigenvalue weighted by atomic mass is 9.96. The molecule has 0 bridgehead atoms. The van der Waals surface area contributed by atoms with Gasteiger partial charge in [-0.25, -0.2) is 0 Å². The normalized spacial score (nSPS) is 14.2. The second-order valence-electron chi connectivity index (χ2n) is 4.80. The first-order chi connectivity index (χ1) is 9.08. The minimum Gasteiger partial charge on any atom is -0.480 e. The molecule has 1 rings (SSSR count). The Morgan fingerprint density at radius 2 is 2.37 bits per heavy atom. The Balaban J connectivity index is 2.22. The SMILES string of the molecule is CCCNC(C)(CCCSCc1ccco1)C(=O)O. The number of aliphatic carboxylic acids is 1. The molecule has 5 heteroatoms. The highest BCUT2D eigenvalue weighted by molar-refractivity contribution is 7.98. The Labute approximate surface area is 119 Å². The molecule has 0 amide bonds. The van der Waals surface area contributed by atoms with Crippen LogP contribution in [0.4, 0.5) is 0 Å². The van der Waals surface area contributed by atoms with Gasteiger partial charge in [0.1, 0.15) is 11.3 Å². The van der Waals surface area contributed by atoms with Gasteiger partial charge in [-0.05, 0) is 50.6 Å². The van der Waals surface area contributed by atoms with Crippen molar-refractivity contribution >= 4 is 17.7 Å². The summed E-state index contributed by atoms with van der Waals surface area (Å²) < 4.78 is 5.25. The summed E-state index contributed by atoms with van der Waals surface area (Å²) in [5, 5.41) is 12.4. The van der Waals surface area contributed by atoms with E-state index in [1.807, 2.05) is 19.1 Å². The molecule has 0 fully saturated rings. The molecule has 1 aromatic heterocycles. The molecule has 0 aliphatic heterocycles. The molecule has 2 N–H and O–H groups in total. The van der Waals surface area contributed by atoms with Crippen molar-refractivity contribution < 1.29 is 14.3 Å². The van der Waals surface area contributed by atoms with Gasteiger partial charge in [0.05, 0.1) is 12.0 Å². The van der Waals surface area contributed by atoms with Crippen LogP contribution in [0.1, 0.15) is 38.9 Å². The molecule has 0 aromatic carbocycles. The van der Waals surface area contributed by atoms with Gasteiger partial charge in [-0.2, -0.15) is 11.8 Å². The molecule has 19 heavy (non-hydrogen) atoms. The maximum Gasteiger partial charge on any atom is 0.323 e. The van der Waals surface area contributed by atoms with Crippen LogP contribution in [-0.4, -0.2) is 28.9 Å². The third kappa shape index (κ3) is 5.70. The van der Waals surface area contributed by atoms with Gasteiger partial charge in [-0.3, -0.25) is 4.79 Å². The van der Waals surface area contributed by atoms with E-state index in [0.717, 1.165) is 36.7 Å². The van der Waals surface area contributed by atoms with Gasteiger partial charge in [-0.15, -0.1) is 0 Å². The predicted molar refractivity (Wildman–Crippen MR) is 78.4 cm³/mol. The lowest BCUT2D eigenvalue weighted by Crippen LogP contribution is -2.49. The zero-order chi connectivity index (χ0) is 14.1. The Morgan fingerprint density at radius 1 is 1.58 bits per heavy atom. The van der Waals surface area contributed by atoms with Crippen LogP contribution in [0.3, 0.4) is 0 Å². The third-order valence-electron chi connectivity index (χ3n) is 3.03. The summed E-state index contributed by atoms with van der Waals surface area (Å²) in [6.45, 7) is 4.54. The zero-order valence-electron chi connectivity index (χ0n) is 11.6. The number of rotatable bonds is 10. The standard InChI is InChI=1S/C14H23NO3S/c1-3-8-15-14(2,13(16)17)7-5-10-19-11-12-6-4-9-18-12/h4,6,9,15H,3,5,7-8,10-11H2,1-2H3,(H,16,17). The molecular formula is C14H23NO3S. The Kier molecular flexibility index (Phi) is 7.02. The van der Waals surface area contributed by atoms with Crippen LogP contribution in [-0.2, 0) is 10.5 Å². The fourth-order valence-electron chi connectivity index (χ4n) is 1.77. The van der Waals surface area contributed by atoms with Crippen LogP contribution < -0.4 is 5.32 Å².